The highest BCUT2D eigenvalue weighted by molar-refractivity contribution is 5.50. The zero-order valence-corrected chi connectivity index (χ0v) is 9.33. The molecular weight excluding hydrogens is 186 g/mol. The van der Waals surface area contributed by atoms with Gasteiger partial charge in [-0.15, -0.1) is 0 Å². The van der Waals surface area contributed by atoms with Crippen LogP contribution in [0.4, 0.5) is 5.69 Å². The highest BCUT2D eigenvalue weighted by atomic mass is 16.5. The Morgan fingerprint density at radius 1 is 1.33 bits per heavy atom. The number of anilines is 1. The number of nitrogens with one attached hydrogen (secondary N) is 1. The van der Waals surface area contributed by atoms with Gasteiger partial charge in [0.1, 0.15) is 0 Å². The normalized spacial score (nSPS) is 15.3. The van der Waals surface area contributed by atoms with E-state index >= 15 is 0 Å². The average molecular weight is 205 g/mol. The lowest BCUT2D eigenvalue weighted by Gasteiger charge is -2.11. The SMILES string of the molecule is CCOCc1ccccc1NCC1CC1. The number of benzene rings is 1. The van der Waals surface area contributed by atoms with Crippen molar-refractivity contribution in [2.75, 3.05) is 18.5 Å². The molecule has 1 aliphatic carbocycles. The van der Waals surface area contributed by atoms with Crippen molar-refractivity contribution in [3.63, 3.8) is 0 Å². The summed E-state index contributed by atoms with van der Waals surface area (Å²) in [6.07, 6.45) is 2.78. The van der Waals surface area contributed by atoms with Crippen LogP contribution in [-0.4, -0.2) is 13.2 Å². The van der Waals surface area contributed by atoms with Gasteiger partial charge in [-0.25, -0.2) is 0 Å². The molecule has 0 atom stereocenters. The third-order valence-corrected chi connectivity index (χ3v) is 2.76. The molecule has 1 fully saturated rings. The van der Waals surface area contributed by atoms with E-state index in [9.17, 15) is 0 Å². The largest absolute Gasteiger partial charge is 0.384 e. The fraction of sp³-hybridized carbons (Fsp3) is 0.538. The van der Waals surface area contributed by atoms with E-state index in [1.165, 1.54) is 24.1 Å². The molecule has 2 nitrogen and oxygen atoms in total. The Hall–Kier alpha value is -1.02. The molecule has 0 spiro atoms. The molecule has 0 heterocycles. The van der Waals surface area contributed by atoms with Gasteiger partial charge in [0.05, 0.1) is 6.61 Å². The number of rotatable bonds is 6. The van der Waals surface area contributed by atoms with Crippen LogP contribution in [0.3, 0.4) is 0 Å². The Morgan fingerprint density at radius 2 is 2.13 bits per heavy atom. The molecule has 82 valence electrons. The molecule has 0 aromatic heterocycles. The molecular formula is C13H19NO. The summed E-state index contributed by atoms with van der Waals surface area (Å²) in [4.78, 5) is 0. The summed E-state index contributed by atoms with van der Waals surface area (Å²) in [7, 11) is 0. The van der Waals surface area contributed by atoms with Gasteiger partial charge in [-0.2, -0.15) is 0 Å². The monoisotopic (exact) mass is 205 g/mol. The maximum absolute atomic E-state index is 5.44. The molecule has 1 saturated carbocycles. The summed E-state index contributed by atoms with van der Waals surface area (Å²) in [5.41, 5.74) is 2.50. The van der Waals surface area contributed by atoms with Gasteiger partial charge in [-0.1, -0.05) is 18.2 Å². The Bertz CT molecular complexity index is 307. The maximum atomic E-state index is 5.44. The quantitative estimate of drug-likeness (QED) is 0.770. The minimum atomic E-state index is 0.713. The van der Waals surface area contributed by atoms with Crippen molar-refractivity contribution in [2.45, 2.75) is 26.4 Å². The first-order valence-corrected chi connectivity index (χ1v) is 5.79. The fourth-order valence-corrected chi connectivity index (χ4v) is 1.61. The molecule has 0 bridgehead atoms. The first kappa shape index (κ1) is 10.5. The van der Waals surface area contributed by atoms with E-state index in [4.69, 9.17) is 4.74 Å². The second kappa shape index (κ2) is 5.17. The van der Waals surface area contributed by atoms with Gasteiger partial charge in [0.2, 0.25) is 0 Å². The summed E-state index contributed by atoms with van der Waals surface area (Å²) in [5, 5.41) is 3.50. The summed E-state index contributed by atoms with van der Waals surface area (Å²) < 4.78 is 5.44. The summed E-state index contributed by atoms with van der Waals surface area (Å²) in [6.45, 7) is 4.63. The molecule has 2 rings (SSSR count). The number of hydrogen-bond donors (Lipinski definition) is 1. The van der Waals surface area contributed by atoms with E-state index in [2.05, 4.69) is 29.6 Å². The molecule has 0 amide bonds. The van der Waals surface area contributed by atoms with Crippen molar-refractivity contribution in [1.82, 2.24) is 0 Å². The topological polar surface area (TPSA) is 21.3 Å². The van der Waals surface area contributed by atoms with E-state index in [-0.39, 0.29) is 0 Å². The summed E-state index contributed by atoms with van der Waals surface area (Å²) >= 11 is 0. The van der Waals surface area contributed by atoms with Crippen LogP contribution < -0.4 is 5.32 Å². The van der Waals surface area contributed by atoms with Gasteiger partial charge in [0.25, 0.3) is 0 Å². The fourth-order valence-electron chi connectivity index (χ4n) is 1.61. The zero-order chi connectivity index (χ0) is 10.5. The van der Waals surface area contributed by atoms with Gasteiger partial charge >= 0.3 is 0 Å². The average Bonchev–Trinajstić information content (AvgIpc) is 3.08. The number of hydrogen-bond acceptors (Lipinski definition) is 2. The molecule has 1 aliphatic rings. The highest BCUT2D eigenvalue weighted by Crippen LogP contribution is 2.29. The Labute approximate surface area is 91.6 Å². The number of para-hydroxylation sites is 1. The predicted molar refractivity (Wildman–Crippen MR) is 63.0 cm³/mol. The van der Waals surface area contributed by atoms with Crippen molar-refractivity contribution in [2.24, 2.45) is 5.92 Å². The van der Waals surface area contributed by atoms with Gasteiger partial charge in [-0.05, 0) is 31.7 Å². The van der Waals surface area contributed by atoms with E-state index in [0.717, 1.165) is 19.1 Å². The maximum Gasteiger partial charge on any atom is 0.0736 e. The minimum Gasteiger partial charge on any atom is -0.384 e. The van der Waals surface area contributed by atoms with Crippen LogP contribution in [0.5, 0.6) is 0 Å². The van der Waals surface area contributed by atoms with Crippen LogP contribution in [-0.2, 0) is 11.3 Å². The molecule has 0 saturated heterocycles. The Morgan fingerprint density at radius 3 is 2.87 bits per heavy atom. The molecule has 0 aliphatic heterocycles. The van der Waals surface area contributed by atoms with Crippen LogP contribution in [0.25, 0.3) is 0 Å². The molecule has 1 N–H and O–H groups in total. The first-order chi connectivity index (χ1) is 7.40. The van der Waals surface area contributed by atoms with Crippen molar-refractivity contribution in [3.8, 4) is 0 Å². The van der Waals surface area contributed by atoms with Crippen LogP contribution in [0.15, 0.2) is 24.3 Å². The van der Waals surface area contributed by atoms with Crippen molar-refractivity contribution in [1.29, 1.82) is 0 Å². The third kappa shape index (κ3) is 3.24. The molecule has 15 heavy (non-hydrogen) atoms. The lowest BCUT2D eigenvalue weighted by molar-refractivity contribution is 0.134. The van der Waals surface area contributed by atoms with E-state index in [1.807, 2.05) is 6.92 Å². The van der Waals surface area contributed by atoms with E-state index in [1.54, 1.807) is 0 Å². The standard InChI is InChI=1S/C13H19NO/c1-2-15-10-12-5-3-4-6-13(12)14-9-11-7-8-11/h3-6,11,14H,2,7-10H2,1H3. The second-order valence-electron chi connectivity index (χ2n) is 4.12. The second-order valence-corrected chi connectivity index (χ2v) is 4.12. The lowest BCUT2D eigenvalue weighted by Crippen LogP contribution is -2.06. The Balaban J connectivity index is 1.93. The zero-order valence-electron chi connectivity index (χ0n) is 9.33. The third-order valence-electron chi connectivity index (χ3n) is 2.76. The summed E-state index contributed by atoms with van der Waals surface area (Å²) in [6, 6.07) is 8.41. The van der Waals surface area contributed by atoms with Crippen LogP contribution in [0.2, 0.25) is 0 Å². The van der Waals surface area contributed by atoms with Crippen LogP contribution in [0, 0.1) is 5.92 Å². The number of ether oxygens (including phenoxy) is 1. The van der Waals surface area contributed by atoms with Crippen LogP contribution in [0.1, 0.15) is 25.3 Å². The molecule has 2 heteroatoms. The molecule has 0 unspecified atom stereocenters. The molecule has 0 radical (unpaired) electrons. The van der Waals surface area contributed by atoms with E-state index < -0.39 is 0 Å². The smallest absolute Gasteiger partial charge is 0.0736 e. The van der Waals surface area contributed by atoms with Gasteiger partial charge < -0.3 is 10.1 Å². The predicted octanol–water partition coefficient (Wildman–Crippen LogP) is 3.05. The van der Waals surface area contributed by atoms with Gasteiger partial charge in [0, 0.05) is 24.4 Å². The Kier molecular flexibility index (Phi) is 3.62. The molecule has 1 aromatic carbocycles. The minimum absolute atomic E-state index is 0.713. The van der Waals surface area contributed by atoms with E-state index in [0.29, 0.717) is 6.61 Å². The van der Waals surface area contributed by atoms with Crippen molar-refractivity contribution in [3.05, 3.63) is 29.8 Å². The highest BCUT2D eigenvalue weighted by Gasteiger charge is 2.20. The van der Waals surface area contributed by atoms with Crippen molar-refractivity contribution >= 4 is 5.69 Å². The van der Waals surface area contributed by atoms with Gasteiger partial charge in [0.15, 0.2) is 0 Å². The van der Waals surface area contributed by atoms with Gasteiger partial charge in [-0.3, -0.25) is 0 Å². The van der Waals surface area contributed by atoms with Crippen LogP contribution >= 0.6 is 0 Å². The lowest BCUT2D eigenvalue weighted by atomic mass is 10.2. The summed E-state index contributed by atoms with van der Waals surface area (Å²) in [5.74, 6) is 0.908. The van der Waals surface area contributed by atoms with Crippen molar-refractivity contribution < 1.29 is 4.74 Å². The first-order valence-electron chi connectivity index (χ1n) is 5.79. The molecule has 1 aromatic rings.